The Kier molecular flexibility index (Phi) is 4.69. The second-order valence-corrected chi connectivity index (χ2v) is 5.78. The van der Waals surface area contributed by atoms with Crippen LogP contribution < -0.4 is 4.74 Å². The highest BCUT2D eigenvalue weighted by Gasteiger charge is 2.25. The van der Waals surface area contributed by atoms with Crippen molar-refractivity contribution in [3.8, 4) is 18.1 Å². The molecular formula is C10H7ClFNO5S. The third-order valence-corrected chi connectivity index (χ3v) is 3.31. The van der Waals surface area contributed by atoms with E-state index in [0.717, 1.165) is 0 Å². The lowest BCUT2D eigenvalue weighted by Gasteiger charge is -2.07. The molecule has 1 rings (SSSR count). The van der Waals surface area contributed by atoms with Gasteiger partial charge in [0, 0.05) is 29.2 Å². The first kappa shape index (κ1) is 15.2. The van der Waals surface area contributed by atoms with Crippen molar-refractivity contribution in [2.45, 2.75) is 11.3 Å². The largest absolute Gasteiger partial charge is 0.486 e. The molecule has 6 nitrogen and oxygen atoms in total. The van der Waals surface area contributed by atoms with Crippen molar-refractivity contribution in [1.29, 1.82) is 0 Å². The molecule has 0 aliphatic rings. The zero-order chi connectivity index (χ0) is 14.6. The second kappa shape index (κ2) is 5.86. The van der Waals surface area contributed by atoms with E-state index in [1.54, 1.807) is 0 Å². The normalized spacial score (nSPS) is 10.8. The van der Waals surface area contributed by atoms with Gasteiger partial charge in [0.2, 0.25) is 0 Å². The number of nitro groups is 1. The first-order valence-corrected chi connectivity index (χ1v) is 7.07. The summed E-state index contributed by atoms with van der Waals surface area (Å²) in [6, 6.07) is 1.09. The maximum absolute atomic E-state index is 13.5. The van der Waals surface area contributed by atoms with E-state index in [2.05, 4.69) is 5.92 Å². The van der Waals surface area contributed by atoms with Gasteiger partial charge in [-0.05, 0) is 0 Å². The highest BCUT2D eigenvalue weighted by molar-refractivity contribution is 8.13. The summed E-state index contributed by atoms with van der Waals surface area (Å²) in [4.78, 5) is 8.88. The molecule has 0 bridgehead atoms. The molecule has 0 heterocycles. The van der Waals surface area contributed by atoms with Crippen LogP contribution in [0.2, 0.25) is 0 Å². The van der Waals surface area contributed by atoms with Gasteiger partial charge < -0.3 is 4.74 Å². The zero-order valence-electron chi connectivity index (χ0n) is 9.30. The van der Waals surface area contributed by atoms with Gasteiger partial charge in [-0.15, -0.1) is 12.3 Å². The molecule has 0 aromatic heterocycles. The van der Waals surface area contributed by atoms with Crippen LogP contribution in [0.3, 0.4) is 0 Å². The highest BCUT2D eigenvalue weighted by Crippen LogP contribution is 2.33. The molecule has 19 heavy (non-hydrogen) atoms. The van der Waals surface area contributed by atoms with Crippen molar-refractivity contribution in [3.05, 3.63) is 28.1 Å². The van der Waals surface area contributed by atoms with Gasteiger partial charge in [0.05, 0.1) is 11.5 Å². The van der Waals surface area contributed by atoms with E-state index in [9.17, 15) is 22.9 Å². The van der Waals surface area contributed by atoms with Gasteiger partial charge in [0.25, 0.3) is 9.05 Å². The van der Waals surface area contributed by atoms with Gasteiger partial charge in [-0.3, -0.25) is 10.1 Å². The number of ether oxygens (including phenoxy) is 1. The molecule has 0 radical (unpaired) electrons. The summed E-state index contributed by atoms with van der Waals surface area (Å²) in [6.07, 6.45) is 5.13. The van der Waals surface area contributed by atoms with Crippen molar-refractivity contribution in [2.24, 2.45) is 0 Å². The van der Waals surface area contributed by atoms with Gasteiger partial charge in [-0.2, -0.15) is 0 Å². The molecule has 1 aromatic rings. The van der Waals surface area contributed by atoms with Gasteiger partial charge in [0.15, 0.2) is 5.75 Å². The van der Waals surface area contributed by atoms with Crippen molar-refractivity contribution < 1.29 is 22.5 Å². The van der Waals surface area contributed by atoms with Crippen LogP contribution in [0, 0.1) is 28.3 Å². The molecule has 0 N–H and O–H groups in total. The number of rotatable bonds is 5. The van der Waals surface area contributed by atoms with Gasteiger partial charge in [0.1, 0.15) is 10.7 Å². The summed E-state index contributed by atoms with van der Waals surface area (Å²) in [5, 5.41) is 10.8. The average molecular weight is 308 g/mol. The molecule has 0 saturated carbocycles. The van der Waals surface area contributed by atoms with E-state index in [1.807, 2.05) is 0 Å². The first-order valence-electron chi connectivity index (χ1n) is 4.76. The molecule has 0 fully saturated rings. The molecule has 0 unspecified atom stereocenters. The molecule has 0 saturated heterocycles. The lowest BCUT2D eigenvalue weighted by Crippen LogP contribution is -2.04. The van der Waals surface area contributed by atoms with E-state index in [-0.39, 0.29) is 13.0 Å². The summed E-state index contributed by atoms with van der Waals surface area (Å²) >= 11 is 0. The van der Waals surface area contributed by atoms with Crippen molar-refractivity contribution in [3.63, 3.8) is 0 Å². The fraction of sp³-hybridized carbons (Fsp3) is 0.200. The topological polar surface area (TPSA) is 86.5 Å². The minimum absolute atomic E-state index is 0.0657. The lowest BCUT2D eigenvalue weighted by atomic mass is 10.3. The smallest absolute Gasteiger partial charge is 0.312 e. The molecular weight excluding hydrogens is 301 g/mol. The Labute approximate surface area is 112 Å². The molecule has 1 aromatic carbocycles. The molecule has 0 atom stereocenters. The predicted molar refractivity (Wildman–Crippen MR) is 65.0 cm³/mol. The Balaban J connectivity index is 3.31. The minimum Gasteiger partial charge on any atom is -0.486 e. The fourth-order valence-electron chi connectivity index (χ4n) is 1.19. The number of terminal acetylenes is 1. The van der Waals surface area contributed by atoms with Crippen LogP contribution in [0.1, 0.15) is 6.42 Å². The van der Waals surface area contributed by atoms with Gasteiger partial charge in [-0.25, -0.2) is 12.8 Å². The Hall–Kier alpha value is -1.85. The zero-order valence-corrected chi connectivity index (χ0v) is 10.9. The van der Waals surface area contributed by atoms with E-state index < -0.39 is 36.1 Å². The van der Waals surface area contributed by atoms with Gasteiger partial charge >= 0.3 is 5.69 Å². The van der Waals surface area contributed by atoms with Crippen LogP contribution in [0.4, 0.5) is 10.1 Å². The predicted octanol–water partition coefficient (Wildman–Crippen LogP) is 2.06. The Bertz CT molecular complexity index is 653. The summed E-state index contributed by atoms with van der Waals surface area (Å²) < 4.78 is 40.5. The van der Waals surface area contributed by atoms with Crippen molar-refractivity contribution in [1.82, 2.24) is 0 Å². The lowest BCUT2D eigenvalue weighted by molar-refractivity contribution is -0.386. The monoisotopic (exact) mass is 307 g/mol. The molecule has 0 aliphatic carbocycles. The molecule has 0 aliphatic heterocycles. The Morgan fingerprint density at radius 3 is 2.63 bits per heavy atom. The summed E-state index contributed by atoms with van der Waals surface area (Å²) in [7, 11) is 0.535. The van der Waals surface area contributed by atoms with Crippen molar-refractivity contribution in [2.75, 3.05) is 6.61 Å². The quantitative estimate of drug-likeness (QED) is 0.273. The first-order chi connectivity index (χ1) is 8.77. The number of halogens is 2. The number of benzene rings is 1. The standard InChI is InChI=1S/C10H7ClFNO5S/c1-2-3-4-18-9-5-7(12)10(19(11,16)17)6-8(9)13(14)15/h1,5-6H,3-4H2. The van der Waals surface area contributed by atoms with Crippen molar-refractivity contribution >= 4 is 25.4 Å². The van der Waals surface area contributed by atoms with Crippen LogP contribution in [-0.4, -0.2) is 19.9 Å². The van der Waals surface area contributed by atoms with E-state index in [4.69, 9.17) is 21.8 Å². The Morgan fingerprint density at radius 2 is 2.16 bits per heavy atom. The summed E-state index contributed by atoms with van der Waals surface area (Å²) in [5.74, 6) is 0.577. The highest BCUT2D eigenvalue weighted by atomic mass is 35.7. The SMILES string of the molecule is C#CCCOc1cc(F)c(S(=O)(=O)Cl)cc1[N+](=O)[O-]. The maximum Gasteiger partial charge on any atom is 0.312 e. The van der Waals surface area contributed by atoms with E-state index >= 15 is 0 Å². The fourth-order valence-corrected chi connectivity index (χ4v) is 2.09. The molecule has 0 amide bonds. The van der Waals surface area contributed by atoms with E-state index in [1.165, 1.54) is 0 Å². The Morgan fingerprint density at radius 1 is 1.53 bits per heavy atom. The number of hydrogen-bond acceptors (Lipinski definition) is 5. The number of nitrogens with zero attached hydrogens (tertiary/aromatic N) is 1. The van der Waals surface area contributed by atoms with Crippen LogP contribution in [0.25, 0.3) is 0 Å². The van der Waals surface area contributed by atoms with Crippen LogP contribution >= 0.6 is 10.7 Å². The van der Waals surface area contributed by atoms with Crippen LogP contribution in [0.5, 0.6) is 5.75 Å². The molecule has 9 heteroatoms. The van der Waals surface area contributed by atoms with Crippen LogP contribution in [-0.2, 0) is 9.05 Å². The van der Waals surface area contributed by atoms with Crippen LogP contribution in [0.15, 0.2) is 17.0 Å². The average Bonchev–Trinajstić information content (AvgIpc) is 2.27. The molecule has 0 spiro atoms. The number of nitro benzene ring substituents is 1. The third kappa shape index (κ3) is 3.81. The van der Waals surface area contributed by atoms with Gasteiger partial charge in [-0.1, -0.05) is 0 Å². The molecule has 102 valence electrons. The second-order valence-electron chi connectivity index (χ2n) is 3.25. The summed E-state index contributed by atoms with van der Waals surface area (Å²) in [6.45, 7) is -0.0657. The third-order valence-electron chi connectivity index (χ3n) is 1.98. The summed E-state index contributed by atoms with van der Waals surface area (Å²) in [5.41, 5.74) is -0.711. The maximum atomic E-state index is 13.5. The number of hydrogen-bond donors (Lipinski definition) is 0. The minimum atomic E-state index is -4.43. The van der Waals surface area contributed by atoms with E-state index in [0.29, 0.717) is 12.1 Å².